The first-order valence-corrected chi connectivity index (χ1v) is 10.7. The minimum absolute atomic E-state index is 0.485. The Morgan fingerprint density at radius 1 is 1.13 bits per heavy atom. The van der Waals surface area contributed by atoms with Crippen LogP contribution in [0.1, 0.15) is 24.0 Å². The van der Waals surface area contributed by atoms with E-state index < -0.39 is 0 Å². The second kappa shape index (κ2) is 12.1. The number of benzene rings is 2. The zero-order valence-electron chi connectivity index (χ0n) is 18.0. The number of nitrogens with zero attached hydrogens (tertiary/aromatic N) is 1. The lowest BCUT2D eigenvalue weighted by molar-refractivity contribution is 0.166. The van der Waals surface area contributed by atoms with Gasteiger partial charge in [0, 0.05) is 38.2 Å². The van der Waals surface area contributed by atoms with Gasteiger partial charge < -0.3 is 24.8 Å². The first kappa shape index (κ1) is 22.0. The topological polar surface area (TPSA) is 64.1 Å². The summed E-state index contributed by atoms with van der Waals surface area (Å²) in [5.41, 5.74) is 2.31. The third-order valence-electron chi connectivity index (χ3n) is 5.02. The Morgan fingerprint density at radius 3 is 2.77 bits per heavy atom. The van der Waals surface area contributed by atoms with Crippen LogP contribution in [0, 0.1) is 12.8 Å². The van der Waals surface area contributed by atoms with Crippen LogP contribution in [0.3, 0.4) is 0 Å². The van der Waals surface area contributed by atoms with Gasteiger partial charge in [0.05, 0.1) is 19.8 Å². The van der Waals surface area contributed by atoms with Gasteiger partial charge in [-0.05, 0) is 43.5 Å². The highest BCUT2D eigenvalue weighted by Gasteiger charge is 2.17. The van der Waals surface area contributed by atoms with Crippen LogP contribution < -0.4 is 20.1 Å². The summed E-state index contributed by atoms with van der Waals surface area (Å²) in [6.07, 6.45) is 1.96. The highest BCUT2D eigenvalue weighted by molar-refractivity contribution is 5.79. The average Bonchev–Trinajstić information content (AvgIpc) is 3.29. The van der Waals surface area contributed by atoms with E-state index in [4.69, 9.17) is 14.2 Å². The summed E-state index contributed by atoms with van der Waals surface area (Å²) in [6, 6.07) is 16.2. The lowest BCUT2D eigenvalue weighted by atomic mass is 10.1. The number of nitrogens with one attached hydrogen (secondary N) is 2. The van der Waals surface area contributed by atoms with E-state index >= 15 is 0 Å². The summed E-state index contributed by atoms with van der Waals surface area (Å²) in [7, 11) is 1.78. The van der Waals surface area contributed by atoms with Gasteiger partial charge in [-0.25, -0.2) is 0 Å². The molecule has 1 fully saturated rings. The van der Waals surface area contributed by atoms with E-state index in [1.165, 1.54) is 5.56 Å². The molecule has 6 heteroatoms. The quantitative estimate of drug-likeness (QED) is 0.356. The maximum atomic E-state index is 6.13. The Morgan fingerprint density at radius 2 is 2.00 bits per heavy atom. The lowest BCUT2D eigenvalue weighted by Crippen LogP contribution is -2.37. The largest absolute Gasteiger partial charge is 0.494 e. The number of hydrogen-bond donors (Lipinski definition) is 2. The van der Waals surface area contributed by atoms with Crippen molar-refractivity contribution < 1.29 is 14.2 Å². The monoisotopic (exact) mass is 411 g/mol. The van der Waals surface area contributed by atoms with Crippen molar-refractivity contribution in [2.24, 2.45) is 10.9 Å². The van der Waals surface area contributed by atoms with E-state index in [1.54, 1.807) is 7.05 Å². The summed E-state index contributed by atoms with van der Waals surface area (Å²) in [5, 5.41) is 6.71. The zero-order valence-corrected chi connectivity index (χ0v) is 18.0. The van der Waals surface area contributed by atoms with Gasteiger partial charge in [0.15, 0.2) is 5.96 Å². The summed E-state index contributed by atoms with van der Waals surface area (Å²) in [4.78, 5) is 4.31. The molecule has 1 atom stereocenters. The third kappa shape index (κ3) is 7.26. The number of aliphatic imine (C=N–C) groups is 1. The van der Waals surface area contributed by atoms with Gasteiger partial charge in [-0.2, -0.15) is 0 Å². The third-order valence-corrected chi connectivity index (χ3v) is 5.02. The predicted octanol–water partition coefficient (Wildman–Crippen LogP) is 3.54. The molecule has 0 aliphatic carbocycles. The molecule has 3 rings (SSSR count). The summed E-state index contributed by atoms with van der Waals surface area (Å²) in [5.74, 6) is 3.08. The second-order valence-electron chi connectivity index (χ2n) is 7.52. The van der Waals surface area contributed by atoms with E-state index in [9.17, 15) is 0 Å². The van der Waals surface area contributed by atoms with Crippen LogP contribution in [0.25, 0.3) is 0 Å². The molecular formula is C24H33N3O3. The predicted molar refractivity (Wildman–Crippen MR) is 120 cm³/mol. The normalized spacial score (nSPS) is 16.3. The van der Waals surface area contributed by atoms with Crippen molar-refractivity contribution >= 4 is 5.96 Å². The maximum Gasteiger partial charge on any atom is 0.191 e. The molecule has 0 bridgehead atoms. The average molecular weight is 412 g/mol. The highest BCUT2D eigenvalue weighted by Crippen LogP contribution is 2.22. The molecule has 162 valence electrons. The first-order valence-electron chi connectivity index (χ1n) is 10.7. The Labute approximate surface area is 179 Å². The van der Waals surface area contributed by atoms with Crippen LogP contribution in [0.5, 0.6) is 11.5 Å². The molecule has 1 aliphatic rings. The highest BCUT2D eigenvalue weighted by atomic mass is 16.5. The number of ether oxygens (including phenoxy) is 3. The van der Waals surface area contributed by atoms with Crippen molar-refractivity contribution in [2.45, 2.75) is 26.3 Å². The van der Waals surface area contributed by atoms with E-state index in [0.717, 1.165) is 55.6 Å². The van der Waals surface area contributed by atoms with Gasteiger partial charge in [0.25, 0.3) is 0 Å². The molecular weight excluding hydrogens is 378 g/mol. The number of hydrogen-bond acceptors (Lipinski definition) is 4. The molecule has 0 spiro atoms. The Balaban J connectivity index is 1.41. The Kier molecular flexibility index (Phi) is 8.84. The Bertz CT molecular complexity index is 790. The van der Waals surface area contributed by atoms with Crippen LogP contribution in [0.2, 0.25) is 0 Å². The van der Waals surface area contributed by atoms with Crippen molar-refractivity contribution in [2.75, 3.05) is 40.0 Å². The van der Waals surface area contributed by atoms with E-state index in [2.05, 4.69) is 40.7 Å². The fraction of sp³-hybridized carbons (Fsp3) is 0.458. The van der Waals surface area contributed by atoms with Gasteiger partial charge >= 0.3 is 0 Å². The van der Waals surface area contributed by atoms with Crippen LogP contribution in [-0.2, 0) is 11.3 Å². The number of para-hydroxylation sites is 1. The van der Waals surface area contributed by atoms with Crippen molar-refractivity contribution in [1.82, 2.24) is 10.6 Å². The van der Waals surface area contributed by atoms with Crippen LogP contribution in [0.15, 0.2) is 53.5 Å². The van der Waals surface area contributed by atoms with Crippen molar-refractivity contribution in [3.05, 3.63) is 59.7 Å². The fourth-order valence-electron chi connectivity index (χ4n) is 3.25. The van der Waals surface area contributed by atoms with Crippen LogP contribution in [0.4, 0.5) is 0 Å². The number of rotatable bonds is 10. The fourth-order valence-corrected chi connectivity index (χ4v) is 3.25. The van der Waals surface area contributed by atoms with Gasteiger partial charge in [0.2, 0.25) is 0 Å². The lowest BCUT2D eigenvalue weighted by Gasteiger charge is -2.17. The van der Waals surface area contributed by atoms with Crippen molar-refractivity contribution in [1.29, 1.82) is 0 Å². The smallest absolute Gasteiger partial charge is 0.191 e. The van der Waals surface area contributed by atoms with Gasteiger partial charge in [-0.1, -0.05) is 30.3 Å². The molecule has 2 aromatic rings. The minimum atomic E-state index is 0.485. The van der Waals surface area contributed by atoms with Gasteiger partial charge in [-0.3, -0.25) is 4.99 Å². The SMILES string of the molecule is CN=C(NCCCOc1ccccc1)NCc1ccc(C)cc1OCC1CCOC1. The molecule has 1 saturated heterocycles. The molecule has 1 heterocycles. The van der Waals surface area contributed by atoms with E-state index in [0.29, 0.717) is 25.7 Å². The molecule has 30 heavy (non-hydrogen) atoms. The minimum Gasteiger partial charge on any atom is -0.494 e. The van der Waals surface area contributed by atoms with E-state index in [1.807, 2.05) is 30.3 Å². The standard InChI is InChI=1S/C24H33N3O3/c1-19-9-10-21(23(15-19)30-18-20-11-14-28-17-20)16-27-24(25-2)26-12-6-13-29-22-7-4-3-5-8-22/h3-5,7-10,15,20H,6,11-14,16-18H2,1-2H3,(H2,25,26,27). The summed E-state index contributed by atoms with van der Waals surface area (Å²) >= 11 is 0. The summed E-state index contributed by atoms with van der Waals surface area (Å²) < 4.78 is 17.3. The maximum absolute atomic E-state index is 6.13. The van der Waals surface area contributed by atoms with Crippen molar-refractivity contribution in [3.8, 4) is 11.5 Å². The first-order chi connectivity index (χ1) is 14.7. The second-order valence-corrected chi connectivity index (χ2v) is 7.52. The number of guanidine groups is 1. The van der Waals surface area contributed by atoms with Crippen LogP contribution in [-0.4, -0.2) is 46.0 Å². The number of aryl methyl sites for hydroxylation is 1. The zero-order chi connectivity index (χ0) is 21.0. The molecule has 2 N–H and O–H groups in total. The molecule has 0 aromatic heterocycles. The molecule has 6 nitrogen and oxygen atoms in total. The van der Waals surface area contributed by atoms with Crippen molar-refractivity contribution in [3.63, 3.8) is 0 Å². The van der Waals surface area contributed by atoms with E-state index in [-0.39, 0.29) is 0 Å². The molecule has 0 saturated carbocycles. The molecule has 0 radical (unpaired) electrons. The molecule has 2 aromatic carbocycles. The molecule has 1 unspecified atom stereocenters. The molecule has 0 amide bonds. The van der Waals surface area contributed by atoms with Gasteiger partial charge in [0.1, 0.15) is 11.5 Å². The molecule has 1 aliphatic heterocycles. The van der Waals surface area contributed by atoms with Crippen LogP contribution >= 0.6 is 0 Å². The Hall–Kier alpha value is -2.73. The van der Waals surface area contributed by atoms with Gasteiger partial charge in [-0.15, -0.1) is 0 Å². The summed E-state index contributed by atoms with van der Waals surface area (Å²) in [6.45, 7) is 6.52.